The van der Waals surface area contributed by atoms with Gasteiger partial charge < -0.3 is 15.0 Å². The molecule has 0 radical (unpaired) electrons. The second-order valence-electron chi connectivity index (χ2n) is 13.3. The van der Waals surface area contributed by atoms with Crippen molar-refractivity contribution in [2.75, 3.05) is 0 Å². The molecule has 10 rings (SSSR count). The zero-order valence-electron chi connectivity index (χ0n) is 27.8. The number of fused-ring (bicyclic) bond motifs is 3. The van der Waals surface area contributed by atoms with Crippen LogP contribution in [0.15, 0.2) is 182 Å². The summed E-state index contributed by atoms with van der Waals surface area (Å²) in [6.07, 6.45) is 0. The van der Waals surface area contributed by atoms with Crippen LogP contribution in [-0.2, 0) is 0 Å². The Labute approximate surface area is 295 Å². The van der Waals surface area contributed by atoms with E-state index in [0.29, 0.717) is 0 Å². The van der Waals surface area contributed by atoms with Gasteiger partial charge in [-0.05, 0) is 105 Å². The maximum atomic E-state index is 3.58. The van der Waals surface area contributed by atoms with Crippen LogP contribution in [0.4, 0.5) is 0 Å². The number of benzene rings is 7. The van der Waals surface area contributed by atoms with Gasteiger partial charge in [-0.15, -0.1) is 0 Å². The molecule has 0 aliphatic carbocycles. The molecule has 0 fully saturated rings. The average molecular weight is 652 g/mol. The Kier molecular flexibility index (Phi) is 6.81. The maximum absolute atomic E-state index is 3.58. The number of aromatic amines is 3. The Balaban J connectivity index is 1.03. The molecule has 7 aromatic carbocycles. The second-order valence-corrected chi connectivity index (χ2v) is 13.3. The van der Waals surface area contributed by atoms with E-state index in [1.807, 2.05) is 0 Å². The van der Waals surface area contributed by atoms with Gasteiger partial charge in [0.1, 0.15) is 0 Å². The van der Waals surface area contributed by atoms with E-state index in [2.05, 4.69) is 197 Å². The average Bonchev–Trinajstić information content (AvgIpc) is 3.95. The summed E-state index contributed by atoms with van der Waals surface area (Å²) in [7, 11) is 0. The van der Waals surface area contributed by atoms with Crippen LogP contribution in [0.25, 0.3) is 99.9 Å². The van der Waals surface area contributed by atoms with Gasteiger partial charge in [-0.1, -0.05) is 127 Å². The molecule has 0 spiro atoms. The van der Waals surface area contributed by atoms with Crippen molar-refractivity contribution in [1.29, 1.82) is 0 Å². The minimum Gasteiger partial charge on any atom is -0.355 e. The van der Waals surface area contributed by atoms with Crippen molar-refractivity contribution in [2.24, 2.45) is 0 Å². The summed E-state index contributed by atoms with van der Waals surface area (Å²) in [6, 6.07) is 65.6. The summed E-state index contributed by atoms with van der Waals surface area (Å²) < 4.78 is 0. The van der Waals surface area contributed by atoms with Crippen molar-refractivity contribution in [3.05, 3.63) is 182 Å². The van der Waals surface area contributed by atoms with Gasteiger partial charge in [0.05, 0.1) is 0 Å². The first kappa shape index (κ1) is 29.1. The molecule has 3 N–H and O–H groups in total. The Morgan fingerprint density at radius 2 is 0.471 bits per heavy atom. The van der Waals surface area contributed by atoms with Crippen molar-refractivity contribution >= 4 is 32.7 Å². The Morgan fingerprint density at radius 1 is 0.216 bits per heavy atom. The Bertz CT molecular complexity index is 2400. The summed E-state index contributed by atoms with van der Waals surface area (Å²) >= 11 is 0. The summed E-state index contributed by atoms with van der Waals surface area (Å²) in [6.45, 7) is 0. The first-order valence-electron chi connectivity index (χ1n) is 17.4. The van der Waals surface area contributed by atoms with Crippen LogP contribution in [0.1, 0.15) is 0 Å². The molecule has 240 valence electrons. The minimum atomic E-state index is 1.13. The van der Waals surface area contributed by atoms with E-state index in [9.17, 15) is 0 Å². The van der Waals surface area contributed by atoms with E-state index >= 15 is 0 Å². The molecule has 3 heteroatoms. The van der Waals surface area contributed by atoms with Crippen molar-refractivity contribution < 1.29 is 0 Å². The highest BCUT2D eigenvalue weighted by Crippen LogP contribution is 2.36. The van der Waals surface area contributed by atoms with Crippen molar-refractivity contribution in [2.45, 2.75) is 0 Å². The summed E-state index contributed by atoms with van der Waals surface area (Å²) in [5.74, 6) is 0. The second kappa shape index (κ2) is 11.9. The van der Waals surface area contributed by atoms with Gasteiger partial charge in [0.2, 0.25) is 0 Å². The van der Waals surface area contributed by atoms with Crippen LogP contribution in [0.2, 0.25) is 0 Å². The highest BCUT2D eigenvalue weighted by molar-refractivity contribution is 5.89. The van der Waals surface area contributed by atoms with E-state index in [1.54, 1.807) is 0 Å². The number of rotatable bonds is 6. The number of para-hydroxylation sites is 3. The summed E-state index contributed by atoms with van der Waals surface area (Å²) in [5.41, 5.74) is 17.5. The van der Waals surface area contributed by atoms with Gasteiger partial charge in [-0.25, -0.2) is 0 Å². The fraction of sp³-hybridized carbons (Fsp3) is 0. The topological polar surface area (TPSA) is 47.4 Å². The van der Waals surface area contributed by atoms with Crippen molar-refractivity contribution in [3.8, 4) is 67.2 Å². The largest absolute Gasteiger partial charge is 0.355 e. The minimum absolute atomic E-state index is 1.13. The molecule has 0 saturated carbocycles. The highest BCUT2D eigenvalue weighted by atomic mass is 14.7. The third-order valence-electron chi connectivity index (χ3n) is 10.1. The van der Waals surface area contributed by atoms with Gasteiger partial charge in [0.25, 0.3) is 0 Å². The summed E-state index contributed by atoms with van der Waals surface area (Å²) in [5, 5.41) is 3.67. The fourth-order valence-corrected chi connectivity index (χ4v) is 7.34. The number of hydrogen-bond acceptors (Lipinski definition) is 0. The SMILES string of the molecule is c1ccc2[nH]c(-c3ccc(-c4cc(-c5ccc(-c6cc7ccccc7[nH]6)cc5)cc(-c5ccc(-c6cc7ccccc7[nH]6)cc5)c4)cc3)cc2c1. The molecule has 0 aliphatic rings. The molecular formula is C48H33N3. The zero-order chi connectivity index (χ0) is 33.7. The molecule has 0 amide bonds. The van der Waals surface area contributed by atoms with Crippen molar-refractivity contribution in [3.63, 3.8) is 0 Å². The van der Waals surface area contributed by atoms with Crippen molar-refractivity contribution in [1.82, 2.24) is 15.0 Å². The van der Waals surface area contributed by atoms with Crippen LogP contribution >= 0.6 is 0 Å². The molecule has 3 aromatic heterocycles. The molecule has 0 atom stereocenters. The molecule has 0 unspecified atom stereocenters. The predicted octanol–water partition coefficient (Wildman–Crippen LogP) is 13.1. The predicted molar refractivity (Wildman–Crippen MR) is 215 cm³/mol. The molecule has 3 heterocycles. The van der Waals surface area contributed by atoms with Crippen LogP contribution < -0.4 is 0 Å². The lowest BCUT2D eigenvalue weighted by molar-refractivity contribution is 1.45. The molecule has 51 heavy (non-hydrogen) atoms. The number of hydrogen-bond donors (Lipinski definition) is 3. The summed E-state index contributed by atoms with van der Waals surface area (Å²) in [4.78, 5) is 10.7. The van der Waals surface area contributed by atoms with E-state index in [4.69, 9.17) is 0 Å². The number of H-pyrrole nitrogens is 3. The van der Waals surface area contributed by atoms with Crippen LogP contribution in [0.5, 0.6) is 0 Å². The highest BCUT2D eigenvalue weighted by Gasteiger charge is 2.11. The van der Waals surface area contributed by atoms with Crippen LogP contribution in [0, 0.1) is 0 Å². The molecular weight excluding hydrogens is 619 g/mol. The molecule has 0 aliphatic heterocycles. The monoisotopic (exact) mass is 651 g/mol. The van der Waals surface area contributed by atoms with E-state index in [-0.39, 0.29) is 0 Å². The zero-order valence-corrected chi connectivity index (χ0v) is 27.8. The molecule has 3 nitrogen and oxygen atoms in total. The van der Waals surface area contributed by atoms with Crippen LogP contribution in [-0.4, -0.2) is 15.0 Å². The Morgan fingerprint density at radius 3 is 0.745 bits per heavy atom. The van der Waals surface area contributed by atoms with Gasteiger partial charge in [-0.3, -0.25) is 0 Å². The molecule has 0 bridgehead atoms. The third kappa shape index (κ3) is 5.42. The van der Waals surface area contributed by atoms with Gasteiger partial charge in [-0.2, -0.15) is 0 Å². The fourth-order valence-electron chi connectivity index (χ4n) is 7.34. The normalized spacial score (nSPS) is 11.5. The standard InChI is InChI=1S/C48H33N3/c1-4-10-43-37(7-1)28-46(49-43)34-19-13-31(14-20-34)40-25-41(32-15-21-35(22-16-32)47-29-38-8-2-5-11-44(38)50-47)27-42(26-40)33-17-23-36(24-18-33)48-30-39-9-3-6-12-45(39)51-48/h1-30,49-51H. The maximum Gasteiger partial charge on any atom is 0.0464 e. The molecule has 10 aromatic rings. The lowest BCUT2D eigenvalue weighted by atomic mass is 9.92. The first-order chi connectivity index (χ1) is 25.2. The first-order valence-corrected chi connectivity index (χ1v) is 17.4. The van der Waals surface area contributed by atoms with E-state index in [0.717, 1.165) is 33.6 Å². The van der Waals surface area contributed by atoms with E-state index < -0.39 is 0 Å². The molecule has 0 saturated heterocycles. The van der Waals surface area contributed by atoms with Gasteiger partial charge in [0, 0.05) is 49.8 Å². The smallest absolute Gasteiger partial charge is 0.0464 e. The van der Waals surface area contributed by atoms with Crippen LogP contribution in [0.3, 0.4) is 0 Å². The quantitative estimate of drug-likeness (QED) is 0.160. The number of nitrogens with one attached hydrogen (secondary N) is 3. The van der Waals surface area contributed by atoms with Gasteiger partial charge >= 0.3 is 0 Å². The lowest BCUT2D eigenvalue weighted by Crippen LogP contribution is -1.88. The van der Waals surface area contributed by atoms with E-state index in [1.165, 1.54) is 66.2 Å². The lowest BCUT2D eigenvalue weighted by Gasteiger charge is -2.13. The van der Waals surface area contributed by atoms with Gasteiger partial charge in [0.15, 0.2) is 0 Å². The third-order valence-corrected chi connectivity index (χ3v) is 10.1. The number of aromatic nitrogens is 3. The Hall–Kier alpha value is -6.84.